The smallest absolute Gasteiger partial charge is 0.240 e. The Morgan fingerprint density at radius 2 is 1.86 bits per heavy atom. The van der Waals surface area contributed by atoms with E-state index in [0.29, 0.717) is 18.7 Å². The molecule has 21 heavy (non-hydrogen) atoms. The second-order valence-corrected chi connectivity index (χ2v) is 6.34. The summed E-state index contributed by atoms with van der Waals surface area (Å²) in [6, 6.07) is 13.7. The average molecular weight is 306 g/mol. The normalized spacial score (nSPS) is 11.3. The van der Waals surface area contributed by atoms with Gasteiger partial charge in [0.05, 0.1) is 12.0 Å². The first kappa shape index (κ1) is 15.3. The fourth-order valence-corrected chi connectivity index (χ4v) is 2.92. The van der Waals surface area contributed by atoms with E-state index in [-0.39, 0.29) is 4.90 Å². The maximum absolute atomic E-state index is 12.1. The highest BCUT2D eigenvalue weighted by Gasteiger charge is 2.12. The molecule has 2 aromatic carbocycles. The van der Waals surface area contributed by atoms with Crippen molar-refractivity contribution >= 4 is 15.7 Å². The number of nitrogen functional groups attached to an aromatic ring is 1. The lowest BCUT2D eigenvalue weighted by atomic mass is 10.1. The number of anilines is 1. The molecular formula is C15H18N2O3S. The van der Waals surface area contributed by atoms with E-state index in [4.69, 9.17) is 10.5 Å². The van der Waals surface area contributed by atoms with Gasteiger partial charge in [0.25, 0.3) is 0 Å². The number of benzene rings is 2. The summed E-state index contributed by atoms with van der Waals surface area (Å²) in [5, 5.41) is 0. The van der Waals surface area contributed by atoms with Crippen LogP contribution in [0.1, 0.15) is 5.56 Å². The SMILES string of the molecule is COc1cccc(CCNS(=O)(=O)c2ccc(N)cc2)c1. The lowest BCUT2D eigenvalue weighted by molar-refractivity contribution is 0.414. The summed E-state index contributed by atoms with van der Waals surface area (Å²) >= 11 is 0. The minimum absolute atomic E-state index is 0.211. The zero-order chi connectivity index (χ0) is 15.3. The van der Waals surface area contributed by atoms with Gasteiger partial charge in [-0.2, -0.15) is 0 Å². The average Bonchev–Trinajstić information content (AvgIpc) is 2.48. The number of sulfonamides is 1. The number of ether oxygens (including phenoxy) is 1. The minimum atomic E-state index is -3.50. The molecule has 3 N–H and O–H groups in total. The van der Waals surface area contributed by atoms with Crippen LogP contribution in [-0.2, 0) is 16.4 Å². The highest BCUT2D eigenvalue weighted by atomic mass is 32.2. The molecule has 0 saturated carbocycles. The van der Waals surface area contributed by atoms with Crippen LogP contribution in [-0.4, -0.2) is 22.1 Å². The molecule has 6 heteroatoms. The van der Waals surface area contributed by atoms with Gasteiger partial charge in [0.15, 0.2) is 0 Å². The fourth-order valence-electron chi connectivity index (χ4n) is 1.89. The van der Waals surface area contributed by atoms with Crippen molar-refractivity contribution in [2.45, 2.75) is 11.3 Å². The monoisotopic (exact) mass is 306 g/mol. The van der Waals surface area contributed by atoms with E-state index in [1.54, 1.807) is 19.2 Å². The van der Waals surface area contributed by atoms with Crippen LogP contribution in [0.4, 0.5) is 5.69 Å². The number of hydrogen-bond acceptors (Lipinski definition) is 4. The Morgan fingerprint density at radius 1 is 1.14 bits per heavy atom. The third-order valence-electron chi connectivity index (χ3n) is 3.03. The van der Waals surface area contributed by atoms with Gasteiger partial charge in [0.1, 0.15) is 5.75 Å². The van der Waals surface area contributed by atoms with Crippen LogP contribution in [0.5, 0.6) is 5.75 Å². The summed E-state index contributed by atoms with van der Waals surface area (Å²) < 4.78 is 31.9. The van der Waals surface area contributed by atoms with Gasteiger partial charge in [-0.05, 0) is 48.4 Å². The lowest BCUT2D eigenvalue weighted by Gasteiger charge is -2.08. The largest absolute Gasteiger partial charge is 0.497 e. The van der Waals surface area contributed by atoms with Crippen molar-refractivity contribution in [3.8, 4) is 5.75 Å². The van der Waals surface area contributed by atoms with Gasteiger partial charge < -0.3 is 10.5 Å². The standard InChI is InChI=1S/C15H18N2O3S/c1-20-14-4-2-3-12(11-14)9-10-17-21(18,19)15-7-5-13(16)6-8-15/h2-8,11,17H,9-10,16H2,1H3. The van der Waals surface area contributed by atoms with E-state index in [1.807, 2.05) is 24.3 Å². The number of hydrogen-bond donors (Lipinski definition) is 2. The Morgan fingerprint density at radius 3 is 2.52 bits per heavy atom. The maximum Gasteiger partial charge on any atom is 0.240 e. The molecule has 2 aromatic rings. The summed E-state index contributed by atoms with van der Waals surface area (Å²) in [5.74, 6) is 0.758. The van der Waals surface area contributed by atoms with E-state index < -0.39 is 10.0 Å². The van der Waals surface area contributed by atoms with Crippen molar-refractivity contribution in [1.29, 1.82) is 0 Å². The number of methoxy groups -OCH3 is 1. The Bertz CT molecular complexity index is 697. The van der Waals surface area contributed by atoms with E-state index >= 15 is 0 Å². The Balaban J connectivity index is 1.97. The molecule has 2 rings (SSSR count). The first-order valence-corrected chi connectivity index (χ1v) is 7.98. The predicted octanol–water partition coefficient (Wildman–Crippen LogP) is 1.80. The van der Waals surface area contributed by atoms with Crippen LogP contribution in [0, 0.1) is 0 Å². The molecule has 0 aliphatic carbocycles. The van der Waals surface area contributed by atoms with Crippen molar-refractivity contribution in [3.05, 3.63) is 54.1 Å². The molecule has 0 bridgehead atoms. The maximum atomic E-state index is 12.1. The number of nitrogens with one attached hydrogen (secondary N) is 1. The molecule has 0 fully saturated rings. The van der Waals surface area contributed by atoms with Crippen molar-refractivity contribution < 1.29 is 13.2 Å². The first-order chi connectivity index (χ1) is 10.0. The van der Waals surface area contributed by atoms with Gasteiger partial charge in [0.2, 0.25) is 10.0 Å². The second-order valence-electron chi connectivity index (χ2n) is 4.57. The van der Waals surface area contributed by atoms with Crippen LogP contribution < -0.4 is 15.2 Å². The first-order valence-electron chi connectivity index (χ1n) is 6.49. The molecule has 0 radical (unpaired) electrons. The van der Waals surface area contributed by atoms with E-state index in [2.05, 4.69) is 4.72 Å². The minimum Gasteiger partial charge on any atom is -0.497 e. The predicted molar refractivity (Wildman–Crippen MR) is 82.7 cm³/mol. The van der Waals surface area contributed by atoms with Crippen LogP contribution >= 0.6 is 0 Å². The Labute approximate surface area is 124 Å². The molecule has 0 aromatic heterocycles. The van der Waals surface area contributed by atoms with Crippen LogP contribution in [0.25, 0.3) is 0 Å². The summed E-state index contributed by atoms with van der Waals surface area (Å²) in [6.07, 6.45) is 0.589. The molecule has 0 heterocycles. The highest BCUT2D eigenvalue weighted by molar-refractivity contribution is 7.89. The molecule has 0 saturated heterocycles. The van der Waals surface area contributed by atoms with Gasteiger partial charge in [-0.25, -0.2) is 13.1 Å². The summed E-state index contributed by atoms with van der Waals surface area (Å²) in [5.41, 5.74) is 7.09. The molecule has 0 atom stereocenters. The number of nitrogens with two attached hydrogens (primary N) is 1. The topological polar surface area (TPSA) is 81.4 Å². The highest BCUT2D eigenvalue weighted by Crippen LogP contribution is 2.14. The van der Waals surface area contributed by atoms with Crippen LogP contribution in [0.3, 0.4) is 0 Å². The van der Waals surface area contributed by atoms with Crippen LogP contribution in [0.2, 0.25) is 0 Å². The summed E-state index contributed by atoms with van der Waals surface area (Å²) in [7, 11) is -1.90. The van der Waals surface area contributed by atoms with E-state index in [0.717, 1.165) is 11.3 Å². The fraction of sp³-hybridized carbons (Fsp3) is 0.200. The summed E-state index contributed by atoms with van der Waals surface area (Å²) in [6.45, 7) is 0.319. The zero-order valence-corrected chi connectivity index (χ0v) is 12.6. The van der Waals surface area contributed by atoms with Gasteiger partial charge in [-0.3, -0.25) is 0 Å². The van der Waals surface area contributed by atoms with Gasteiger partial charge >= 0.3 is 0 Å². The third-order valence-corrected chi connectivity index (χ3v) is 4.51. The Hall–Kier alpha value is -2.05. The number of rotatable bonds is 6. The Kier molecular flexibility index (Phi) is 4.82. The third kappa shape index (κ3) is 4.21. The molecule has 0 amide bonds. The van der Waals surface area contributed by atoms with Gasteiger partial charge in [0, 0.05) is 12.2 Å². The molecular weight excluding hydrogens is 288 g/mol. The zero-order valence-electron chi connectivity index (χ0n) is 11.7. The molecule has 0 aliphatic heterocycles. The van der Waals surface area contributed by atoms with Gasteiger partial charge in [-0.15, -0.1) is 0 Å². The van der Waals surface area contributed by atoms with Crippen molar-refractivity contribution in [3.63, 3.8) is 0 Å². The van der Waals surface area contributed by atoms with Crippen molar-refractivity contribution in [2.75, 3.05) is 19.4 Å². The van der Waals surface area contributed by atoms with E-state index in [1.165, 1.54) is 12.1 Å². The molecule has 0 spiro atoms. The molecule has 112 valence electrons. The molecule has 5 nitrogen and oxygen atoms in total. The van der Waals surface area contributed by atoms with Crippen molar-refractivity contribution in [1.82, 2.24) is 4.72 Å². The second kappa shape index (κ2) is 6.60. The molecule has 0 unspecified atom stereocenters. The van der Waals surface area contributed by atoms with Crippen LogP contribution in [0.15, 0.2) is 53.4 Å². The lowest BCUT2D eigenvalue weighted by Crippen LogP contribution is -2.26. The van der Waals surface area contributed by atoms with Gasteiger partial charge in [-0.1, -0.05) is 12.1 Å². The molecule has 0 aliphatic rings. The van der Waals surface area contributed by atoms with E-state index in [9.17, 15) is 8.42 Å². The summed E-state index contributed by atoms with van der Waals surface area (Å²) in [4.78, 5) is 0.211. The van der Waals surface area contributed by atoms with Crippen molar-refractivity contribution in [2.24, 2.45) is 0 Å². The quantitative estimate of drug-likeness (QED) is 0.797.